The number of nitrogens with one attached hydrogen (secondary N) is 1. The Morgan fingerprint density at radius 1 is 1.22 bits per heavy atom. The largest absolute Gasteiger partial charge is 0.366 e. The number of thioether (sulfide) groups is 1. The number of carbonyl (C=O) groups is 1. The van der Waals surface area contributed by atoms with Gasteiger partial charge in [0.05, 0.1) is 0 Å². The third kappa shape index (κ3) is 3.91. The fraction of sp³-hybridized carbons (Fsp3) is 0.0625. The number of H-pyrrole nitrogens is 1. The van der Waals surface area contributed by atoms with E-state index in [1.54, 1.807) is 12.1 Å². The van der Waals surface area contributed by atoms with Gasteiger partial charge in [0.15, 0.2) is 5.82 Å². The number of rotatable bonds is 5. The van der Waals surface area contributed by atoms with Crippen molar-refractivity contribution >= 4 is 29.3 Å². The minimum Gasteiger partial charge on any atom is -0.366 e. The van der Waals surface area contributed by atoms with Crippen LogP contribution in [0.2, 0.25) is 5.02 Å². The Morgan fingerprint density at radius 3 is 2.74 bits per heavy atom. The molecule has 0 aliphatic rings. The predicted molar refractivity (Wildman–Crippen MR) is 91.3 cm³/mol. The van der Waals surface area contributed by atoms with Crippen LogP contribution in [0.4, 0.5) is 0 Å². The molecule has 1 aromatic heterocycles. The van der Waals surface area contributed by atoms with Crippen LogP contribution in [0.25, 0.3) is 11.4 Å². The van der Waals surface area contributed by atoms with Crippen molar-refractivity contribution < 1.29 is 4.79 Å². The number of amides is 1. The smallest absolute Gasteiger partial charge is 0.248 e. The molecule has 7 heteroatoms. The highest BCUT2D eigenvalue weighted by atomic mass is 35.5. The minimum absolute atomic E-state index is 0.431. The molecule has 0 unspecified atom stereocenters. The lowest BCUT2D eigenvalue weighted by Crippen LogP contribution is -2.10. The Hall–Kier alpha value is -2.31. The Morgan fingerprint density at radius 2 is 2.00 bits per heavy atom. The third-order valence-corrected chi connectivity index (χ3v) is 4.33. The molecule has 23 heavy (non-hydrogen) atoms. The summed E-state index contributed by atoms with van der Waals surface area (Å²) >= 11 is 7.35. The number of hydrogen-bond donors (Lipinski definition) is 2. The molecule has 2 aromatic carbocycles. The monoisotopic (exact) mass is 344 g/mol. The molecule has 0 fully saturated rings. The Labute approximate surface area is 142 Å². The fourth-order valence-electron chi connectivity index (χ4n) is 2.01. The van der Waals surface area contributed by atoms with E-state index in [4.69, 9.17) is 17.3 Å². The van der Waals surface area contributed by atoms with E-state index < -0.39 is 5.91 Å². The summed E-state index contributed by atoms with van der Waals surface area (Å²) in [5.74, 6) is 0.911. The molecule has 0 saturated heterocycles. The zero-order valence-corrected chi connectivity index (χ0v) is 13.6. The van der Waals surface area contributed by atoms with Crippen molar-refractivity contribution in [3.05, 3.63) is 64.7 Å². The quantitative estimate of drug-likeness (QED) is 0.693. The van der Waals surface area contributed by atoms with Crippen molar-refractivity contribution in [1.82, 2.24) is 15.2 Å². The molecular formula is C16H13ClN4OS. The van der Waals surface area contributed by atoms with Crippen LogP contribution in [0.5, 0.6) is 0 Å². The highest BCUT2D eigenvalue weighted by Gasteiger charge is 2.07. The summed E-state index contributed by atoms with van der Waals surface area (Å²) in [7, 11) is 0. The van der Waals surface area contributed by atoms with Crippen molar-refractivity contribution in [2.45, 2.75) is 10.9 Å². The Balaban J connectivity index is 1.69. The topological polar surface area (TPSA) is 84.7 Å². The van der Waals surface area contributed by atoms with Gasteiger partial charge in [-0.3, -0.25) is 9.89 Å². The van der Waals surface area contributed by atoms with Gasteiger partial charge in [-0.05, 0) is 42.0 Å². The molecule has 0 bridgehead atoms. The first-order chi connectivity index (χ1) is 11.1. The second-order valence-electron chi connectivity index (χ2n) is 4.83. The van der Waals surface area contributed by atoms with Crippen molar-refractivity contribution in [2.24, 2.45) is 5.73 Å². The van der Waals surface area contributed by atoms with E-state index in [1.165, 1.54) is 11.8 Å². The van der Waals surface area contributed by atoms with Crippen LogP contribution in [-0.2, 0) is 5.75 Å². The van der Waals surface area contributed by atoms with Crippen LogP contribution in [0, 0.1) is 0 Å². The van der Waals surface area contributed by atoms with Crippen LogP contribution in [0.1, 0.15) is 15.9 Å². The first-order valence-corrected chi connectivity index (χ1v) is 8.18. The maximum atomic E-state index is 11.2. The number of benzene rings is 2. The van der Waals surface area contributed by atoms with Gasteiger partial charge in [0.2, 0.25) is 11.1 Å². The Bertz CT molecular complexity index is 832. The molecule has 5 nitrogen and oxygen atoms in total. The fourth-order valence-corrected chi connectivity index (χ4v) is 2.88. The standard InChI is InChI=1S/C16H13ClN4OS/c17-13-6-4-11(5-7-13)15-19-16(21-20-15)23-9-10-2-1-3-12(8-10)14(18)22/h1-8H,9H2,(H2,18,22)(H,19,20,21). The number of carbonyl (C=O) groups excluding carboxylic acids is 1. The van der Waals surface area contributed by atoms with Crippen LogP contribution in [0.15, 0.2) is 53.7 Å². The highest BCUT2D eigenvalue weighted by Crippen LogP contribution is 2.23. The number of nitrogens with two attached hydrogens (primary N) is 1. The second-order valence-corrected chi connectivity index (χ2v) is 6.21. The van der Waals surface area contributed by atoms with Gasteiger partial charge in [0, 0.05) is 21.9 Å². The van der Waals surface area contributed by atoms with Crippen molar-refractivity contribution in [3.63, 3.8) is 0 Å². The summed E-state index contributed by atoms with van der Waals surface area (Å²) in [6, 6.07) is 14.6. The molecule has 1 heterocycles. The van der Waals surface area contributed by atoms with Gasteiger partial charge in [-0.2, -0.15) is 0 Å². The summed E-state index contributed by atoms with van der Waals surface area (Å²) in [6.07, 6.45) is 0. The van der Waals surface area contributed by atoms with Crippen molar-refractivity contribution in [3.8, 4) is 11.4 Å². The normalized spacial score (nSPS) is 10.7. The van der Waals surface area contributed by atoms with Gasteiger partial charge >= 0.3 is 0 Å². The molecular weight excluding hydrogens is 332 g/mol. The van der Waals surface area contributed by atoms with Gasteiger partial charge < -0.3 is 5.73 Å². The van der Waals surface area contributed by atoms with Crippen LogP contribution in [0.3, 0.4) is 0 Å². The number of nitrogens with zero attached hydrogens (tertiary/aromatic N) is 2. The van der Waals surface area contributed by atoms with E-state index in [0.29, 0.717) is 27.3 Å². The molecule has 3 N–H and O–H groups in total. The maximum Gasteiger partial charge on any atom is 0.248 e. The molecule has 0 aliphatic heterocycles. The first kappa shape index (κ1) is 15.6. The molecule has 0 spiro atoms. The molecule has 1 amide bonds. The number of aromatic nitrogens is 3. The average Bonchev–Trinajstić information content (AvgIpc) is 3.03. The zero-order valence-electron chi connectivity index (χ0n) is 12.0. The molecule has 0 radical (unpaired) electrons. The lowest BCUT2D eigenvalue weighted by Gasteiger charge is -2.01. The molecule has 116 valence electrons. The third-order valence-electron chi connectivity index (χ3n) is 3.16. The summed E-state index contributed by atoms with van der Waals surface area (Å²) in [4.78, 5) is 15.6. The van der Waals surface area contributed by atoms with Gasteiger partial charge in [0.1, 0.15) is 0 Å². The van der Waals surface area contributed by atoms with Crippen molar-refractivity contribution in [1.29, 1.82) is 0 Å². The van der Waals surface area contributed by atoms with Crippen LogP contribution < -0.4 is 5.73 Å². The predicted octanol–water partition coefficient (Wildman–Crippen LogP) is 3.52. The van der Waals surface area contributed by atoms with Crippen LogP contribution >= 0.6 is 23.4 Å². The van der Waals surface area contributed by atoms with E-state index in [0.717, 1.165) is 11.1 Å². The SMILES string of the molecule is NC(=O)c1cccc(CSc2n[nH]c(-c3ccc(Cl)cc3)n2)c1. The van der Waals surface area contributed by atoms with Gasteiger partial charge in [-0.1, -0.05) is 35.5 Å². The summed E-state index contributed by atoms with van der Waals surface area (Å²) in [6.45, 7) is 0. The van der Waals surface area contributed by atoms with E-state index in [2.05, 4.69) is 15.2 Å². The molecule has 0 aliphatic carbocycles. The molecule has 3 rings (SSSR count). The molecule has 3 aromatic rings. The van der Waals surface area contributed by atoms with E-state index >= 15 is 0 Å². The number of aromatic amines is 1. The maximum absolute atomic E-state index is 11.2. The lowest BCUT2D eigenvalue weighted by atomic mass is 10.1. The van der Waals surface area contributed by atoms with Gasteiger partial charge in [-0.15, -0.1) is 5.10 Å². The number of halogens is 1. The second kappa shape index (κ2) is 6.85. The molecule has 0 saturated carbocycles. The minimum atomic E-state index is -0.431. The first-order valence-electron chi connectivity index (χ1n) is 6.82. The summed E-state index contributed by atoms with van der Waals surface area (Å²) < 4.78 is 0. The average molecular weight is 345 g/mol. The number of primary amides is 1. The van der Waals surface area contributed by atoms with E-state index in [-0.39, 0.29) is 0 Å². The van der Waals surface area contributed by atoms with E-state index in [9.17, 15) is 4.79 Å². The zero-order chi connectivity index (χ0) is 16.2. The van der Waals surface area contributed by atoms with Crippen molar-refractivity contribution in [2.75, 3.05) is 0 Å². The lowest BCUT2D eigenvalue weighted by molar-refractivity contribution is 0.1000. The summed E-state index contributed by atoms with van der Waals surface area (Å²) in [5, 5.41) is 8.41. The van der Waals surface area contributed by atoms with Gasteiger partial charge in [-0.25, -0.2) is 4.98 Å². The number of hydrogen-bond acceptors (Lipinski definition) is 4. The Kier molecular flexibility index (Phi) is 4.64. The van der Waals surface area contributed by atoms with E-state index in [1.807, 2.05) is 36.4 Å². The molecule has 0 atom stereocenters. The summed E-state index contributed by atoms with van der Waals surface area (Å²) in [5.41, 5.74) is 7.69. The van der Waals surface area contributed by atoms with Gasteiger partial charge in [0.25, 0.3) is 0 Å². The highest BCUT2D eigenvalue weighted by molar-refractivity contribution is 7.98. The van der Waals surface area contributed by atoms with Crippen LogP contribution in [-0.4, -0.2) is 21.1 Å².